The Morgan fingerprint density at radius 2 is 1.64 bits per heavy atom. The van der Waals surface area contributed by atoms with Crippen LogP contribution in [-0.2, 0) is 23.7 Å². The van der Waals surface area contributed by atoms with Gasteiger partial charge in [-0.2, -0.15) is 0 Å². The van der Waals surface area contributed by atoms with Crippen LogP contribution in [0.2, 0.25) is 0 Å². The van der Waals surface area contributed by atoms with Gasteiger partial charge in [-0.25, -0.2) is 4.79 Å². The summed E-state index contributed by atoms with van der Waals surface area (Å²) in [5, 5.41) is 0. The summed E-state index contributed by atoms with van der Waals surface area (Å²) in [6.45, 7) is 8.16. The van der Waals surface area contributed by atoms with Gasteiger partial charge in [-0.3, -0.25) is 0 Å². The van der Waals surface area contributed by atoms with E-state index < -0.39 is 6.04 Å². The number of hydrogen-bond acceptors (Lipinski definition) is 5. The molecule has 0 aromatic heterocycles. The topological polar surface area (TPSA) is 81.6 Å². The zero-order valence-electron chi connectivity index (χ0n) is 16.0. The molecule has 1 saturated heterocycles. The van der Waals surface area contributed by atoms with Crippen molar-refractivity contribution in [1.29, 1.82) is 0 Å². The molecule has 25 heavy (non-hydrogen) atoms. The Hall–Kier alpha value is -0.400. The molecule has 0 bridgehead atoms. The second-order valence-electron chi connectivity index (χ2n) is 6.54. The Kier molecular flexibility index (Phi) is 14.5. The van der Waals surface area contributed by atoms with Crippen molar-refractivity contribution in [2.24, 2.45) is 0 Å². The van der Waals surface area contributed by atoms with E-state index in [1.54, 1.807) is 0 Å². The number of unbranched alkanes of at least 4 members (excludes halogenated alkanes) is 4. The predicted octanol–water partition coefficient (Wildman–Crippen LogP) is -1.29. The van der Waals surface area contributed by atoms with Gasteiger partial charge >= 0.3 is 5.97 Å². The van der Waals surface area contributed by atoms with Crippen molar-refractivity contribution in [3.63, 3.8) is 0 Å². The quantitative estimate of drug-likeness (QED) is 0.376. The molecule has 0 amide bonds. The first kappa shape index (κ1) is 24.6. The van der Waals surface area contributed by atoms with E-state index in [4.69, 9.17) is 18.9 Å². The molecular formula is C18H36ClNO5. The Morgan fingerprint density at radius 1 is 1.04 bits per heavy atom. The van der Waals surface area contributed by atoms with Crippen LogP contribution in [0.25, 0.3) is 0 Å². The van der Waals surface area contributed by atoms with Gasteiger partial charge in [-0.1, -0.05) is 39.5 Å². The second-order valence-corrected chi connectivity index (χ2v) is 6.54. The Bertz CT molecular complexity index is 345. The Morgan fingerprint density at radius 3 is 2.24 bits per heavy atom. The molecule has 6 nitrogen and oxygen atoms in total. The smallest absolute Gasteiger partial charge is 0.367 e. The standard InChI is InChI=1S/C18H35NO5.ClH/c1-4-6-8-10-22-16-13-21-12-15(19)18(20)24-14(3)17(16)23-11-9-7-5-2;/h14-17H,4-13,19H2,1-3H3;1H/t14-,15-,16-,17-;/m0./s1. The summed E-state index contributed by atoms with van der Waals surface area (Å²) in [6.07, 6.45) is 5.66. The van der Waals surface area contributed by atoms with Gasteiger partial charge in [0, 0.05) is 13.2 Å². The molecule has 1 aliphatic rings. The van der Waals surface area contributed by atoms with E-state index in [2.05, 4.69) is 19.6 Å². The summed E-state index contributed by atoms with van der Waals surface area (Å²) in [6, 6.07) is -0.507. The first-order valence-electron chi connectivity index (χ1n) is 9.44. The van der Waals surface area contributed by atoms with Crippen LogP contribution in [0.3, 0.4) is 0 Å². The average Bonchev–Trinajstić information content (AvgIpc) is 2.60. The normalized spacial score (nSPS) is 27.6. The SMILES string of the molecule is CCCCCO[C@H]1[C@H](C)OC(=O)[C@@H]([NH3+])COC[C@@H]1OCCCCC.[Cl-]. The number of halogens is 1. The van der Waals surface area contributed by atoms with Gasteiger partial charge in [0.05, 0.1) is 6.61 Å². The number of ether oxygens (including phenoxy) is 4. The third-order valence-electron chi connectivity index (χ3n) is 4.20. The van der Waals surface area contributed by atoms with Gasteiger partial charge < -0.3 is 37.1 Å². The second kappa shape index (κ2) is 14.7. The van der Waals surface area contributed by atoms with Gasteiger partial charge in [-0.05, 0) is 19.8 Å². The molecule has 4 atom stereocenters. The van der Waals surface area contributed by atoms with E-state index in [1.165, 1.54) is 0 Å². The number of esters is 1. The van der Waals surface area contributed by atoms with Gasteiger partial charge in [0.25, 0.3) is 0 Å². The number of carbonyl (C=O) groups excluding carboxylic acids is 1. The zero-order valence-corrected chi connectivity index (χ0v) is 16.8. The van der Waals surface area contributed by atoms with Crippen molar-refractivity contribution in [3.05, 3.63) is 0 Å². The van der Waals surface area contributed by atoms with Crippen LogP contribution in [-0.4, -0.2) is 56.8 Å². The lowest BCUT2D eigenvalue weighted by molar-refractivity contribution is -0.415. The van der Waals surface area contributed by atoms with Crippen LogP contribution in [0.4, 0.5) is 0 Å². The minimum Gasteiger partial charge on any atom is -1.00 e. The van der Waals surface area contributed by atoms with Crippen LogP contribution in [0, 0.1) is 0 Å². The molecule has 0 spiro atoms. The maximum absolute atomic E-state index is 12.0. The summed E-state index contributed by atoms with van der Waals surface area (Å²) in [5.74, 6) is -0.337. The molecular weight excluding hydrogens is 346 g/mol. The molecule has 1 aliphatic heterocycles. The van der Waals surface area contributed by atoms with Crippen molar-refractivity contribution in [1.82, 2.24) is 0 Å². The molecule has 7 heteroatoms. The van der Waals surface area contributed by atoms with Crippen LogP contribution in [0.5, 0.6) is 0 Å². The summed E-state index contributed by atoms with van der Waals surface area (Å²) >= 11 is 0. The lowest BCUT2D eigenvalue weighted by atomic mass is 10.1. The number of hydrogen-bond donors (Lipinski definition) is 1. The van der Waals surface area contributed by atoms with Crippen molar-refractivity contribution in [2.75, 3.05) is 26.4 Å². The maximum atomic E-state index is 12.0. The molecule has 1 fully saturated rings. The Balaban J connectivity index is 0.00000576. The average molecular weight is 382 g/mol. The Labute approximate surface area is 158 Å². The third-order valence-corrected chi connectivity index (χ3v) is 4.20. The van der Waals surface area contributed by atoms with E-state index in [0.717, 1.165) is 38.5 Å². The molecule has 150 valence electrons. The van der Waals surface area contributed by atoms with Gasteiger partial charge in [0.2, 0.25) is 6.04 Å². The van der Waals surface area contributed by atoms with E-state index in [9.17, 15) is 4.79 Å². The molecule has 1 heterocycles. The zero-order chi connectivity index (χ0) is 17.8. The highest BCUT2D eigenvalue weighted by Gasteiger charge is 2.35. The molecule has 0 aliphatic carbocycles. The molecule has 0 unspecified atom stereocenters. The summed E-state index contributed by atoms with van der Waals surface area (Å²) in [4.78, 5) is 12.0. The summed E-state index contributed by atoms with van der Waals surface area (Å²) in [7, 11) is 0. The lowest BCUT2D eigenvalue weighted by Gasteiger charge is -2.30. The van der Waals surface area contributed by atoms with Crippen molar-refractivity contribution in [2.45, 2.75) is 83.6 Å². The maximum Gasteiger partial charge on any atom is 0.367 e. The fraction of sp³-hybridized carbons (Fsp3) is 0.944. The van der Waals surface area contributed by atoms with Gasteiger partial charge in [0.1, 0.15) is 24.9 Å². The highest BCUT2D eigenvalue weighted by atomic mass is 35.5. The van der Waals surface area contributed by atoms with Crippen LogP contribution in [0.1, 0.15) is 59.3 Å². The van der Waals surface area contributed by atoms with E-state index >= 15 is 0 Å². The van der Waals surface area contributed by atoms with Crippen LogP contribution < -0.4 is 18.1 Å². The molecule has 0 radical (unpaired) electrons. The molecule has 0 saturated carbocycles. The number of quaternary nitrogens is 1. The number of rotatable bonds is 10. The van der Waals surface area contributed by atoms with Crippen molar-refractivity contribution >= 4 is 5.97 Å². The number of cyclic esters (lactones) is 1. The monoisotopic (exact) mass is 381 g/mol. The minimum atomic E-state index is -0.507. The van der Waals surface area contributed by atoms with E-state index in [0.29, 0.717) is 19.8 Å². The minimum absolute atomic E-state index is 0. The molecule has 0 aromatic rings. The van der Waals surface area contributed by atoms with E-state index in [1.807, 2.05) is 6.92 Å². The molecule has 3 N–H and O–H groups in total. The van der Waals surface area contributed by atoms with Gasteiger partial charge in [-0.15, -0.1) is 0 Å². The largest absolute Gasteiger partial charge is 1.00 e. The third kappa shape index (κ3) is 9.75. The number of carbonyl (C=O) groups is 1. The first-order valence-corrected chi connectivity index (χ1v) is 9.44. The fourth-order valence-electron chi connectivity index (χ4n) is 2.68. The van der Waals surface area contributed by atoms with Gasteiger partial charge in [0.15, 0.2) is 0 Å². The summed E-state index contributed by atoms with van der Waals surface area (Å²) < 4.78 is 23.2. The molecule has 0 aromatic carbocycles. The highest BCUT2D eigenvalue weighted by Crippen LogP contribution is 2.17. The van der Waals surface area contributed by atoms with Crippen molar-refractivity contribution in [3.8, 4) is 0 Å². The van der Waals surface area contributed by atoms with Crippen LogP contribution >= 0.6 is 0 Å². The predicted molar refractivity (Wildman–Crippen MR) is 91.6 cm³/mol. The fourth-order valence-corrected chi connectivity index (χ4v) is 2.68. The van der Waals surface area contributed by atoms with E-state index in [-0.39, 0.29) is 43.3 Å². The summed E-state index contributed by atoms with van der Waals surface area (Å²) in [5.41, 5.74) is 3.80. The van der Waals surface area contributed by atoms with Crippen molar-refractivity contribution < 1.29 is 41.9 Å². The molecule has 1 rings (SSSR count). The first-order chi connectivity index (χ1) is 11.6. The lowest BCUT2D eigenvalue weighted by Crippen LogP contribution is -3.00. The highest BCUT2D eigenvalue weighted by molar-refractivity contribution is 5.74. The van der Waals surface area contributed by atoms with Crippen LogP contribution in [0.15, 0.2) is 0 Å².